The minimum atomic E-state index is 0.473. The summed E-state index contributed by atoms with van der Waals surface area (Å²) in [6.07, 6.45) is 6.58. The van der Waals surface area contributed by atoms with Gasteiger partial charge in [-0.1, -0.05) is 12.2 Å². The van der Waals surface area contributed by atoms with Crippen LogP contribution in [0.15, 0.2) is 22.5 Å². The smallest absolute Gasteiger partial charge is 0.191 e. The molecule has 6 heteroatoms. The van der Waals surface area contributed by atoms with Crippen molar-refractivity contribution in [1.82, 2.24) is 15.6 Å². The van der Waals surface area contributed by atoms with Gasteiger partial charge in [-0.2, -0.15) is 0 Å². The van der Waals surface area contributed by atoms with E-state index < -0.39 is 0 Å². The van der Waals surface area contributed by atoms with Crippen molar-refractivity contribution in [2.45, 2.75) is 32.4 Å². The van der Waals surface area contributed by atoms with E-state index in [0.29, 0.717) is 12.6 Å². The van der Waals surface area contributed by atoms with Crippen molar-refractivity contribution in [3.05, 3.63) is 23.2 Å². The number of rotatable bonds is 5. The second-order valence-electron chi connectivity index (χ2n) is 5.00. The highest BCUT2D eigenvalue weighted by Gasteiger charge is 2.11. The number of nitrogens with zero attached hydrogens (tertiary/aromatic N) is 3. The van der Waals surface area contributed by atoms with Crippen LogP contribution in [0.25, 0.3) is 0 Å². The Labute approximate surface area is 124 Å². The molecule has 0 saturated heterocycles. The van der Waals surface area contributed by atoms with E-state index in [1.807, 2.05) is 19.0 Å². The SMILES string of the molecule is CCNC(=NCc1csc(N(C)C)n1)NC1CC=CC1. The predicted octanol–water partition coefficient (Wildman–Crippen LogP) is 1.98. The lowest BCUT2D eigenvalue weighted by Crippen LogP contribution is -2.42. The van der Waals surface area contributed by atoms with Crippen LogP contribution < -0.4 is 15.5 Å². The zero-order chi connectivity index (χ0) is 14.4. The minimum absolute atomic E-state index is 0.473. The fourth-order valence-corrected chi connectivity index (χ4v) is 2.73. The lowest BCUT2D eigenvalue weighted by Gasteiger charge is -2.16. The number of nitrogens with one attached hydrogen (secondary N) is 2. The van der Waals surface area contributed by atoms with E-state index >= 15 is 0 Å². The van der Waals surface area contributed by atoms with E-state index in [4.69, 9.17) is 0 Å². The first-order valence-electron chi connectivity index (χ1n) is 7.00. The maximum absolute atomic E-state index is 4.61. The number of anilines is 1. The molecule has 110 valence electrons. The molecule has 1 aliphatic carbocycles. The second kappa shape index (κ2) is 7.28. The third-order valence-corrected chi connectivity index (χ3v) is 4.07. The average Bonchev–Trinajstić information content (AvgIpc) is 3.07. The zero-order valence-corrected chi connectivity index (χ0v) is 13.2. The van der Waals surface area contributed by atoms with Gasteiger partial charge in [-0.25, -0.2) is 9.98 Å². The molecule has 0 aliphatic heterocycles. The van der Waals surface area contributed by atoms with E-state index in [2.05, 4.69) is 45.1 Å². The highest BCUT2D eigenvalue weighted by molar-refractivity contribution is 7.13. The first kappa shape index (κ1) is 14.8. The molecular weight excluding hydrogens is 270 g/mol. The molecule has 0 aromatic carbocycles. The number of aliphatic imine (C=N–C) groups is 1. The predicted molar refractivity (Wildman–Crippen MR) is 86.6 cm³/mol. The van der Waals surface area contributed by atoms with Gasteiger partial charge in [0.2, 0.25) is 0 Å². The Balaban J connectivity index is 1.93. The summed E-state index contributed by atoms with van der Waals surface area (Å²) in [6, 6.07) is 0.473. The lowest BCUT2D eigenvalue weighted by molar-refractivity contribution is 0.633. The molecule has 0 unspecified atom stereocenters. The van der Waals surface area contributed by atoms with Crippen LogP contribution >= 0.6 is 11.3 Å². The molecule has 2 rings (SSSR count). The first-order chi connectivity index (χ1) is 9.69. The molecule has 0 atom stereocenters. The van der Waals surface area contributed by atoms with Crippen molar-refractivity contribution in [2.75, 3.05) is 25.5 Å². The molecular formula is C14H23N5S. The Hall–Kier alpha value is -1.56. The molecule has 1 heterocycles. The third kappa shape index (κ3) is 4.23. The monoisotopic (exact) mass is 293 g/mol. The van der Waals surface area contributed by atoms with Crippen LogP contribution in [-0.2, 0) is 6.54 Å². The van der Waals surface area contributed by atoms with Crippen molar-refractivity contribution in [3.8, 4) is 0 Å². The third-order valence-electron chi connectivity index (χ3n) is 3.01. The van der Waals surface area contributed by atoms with Crippen molar-refractivity contribution in [2.24, 2.45) is 4.99 Å². The Bertz CT molecular complexity index is 470. The Morgan fingerprint density at radius 2 is 2.20 bits per heavy atom. The van der Waals surface area contributed by atoms with Crippen LogP contribution in [0.3, 0.4) is 0 Å². The van der Waals surface area contributed by atoms with E-state index in [1.54, 1.807) is 11.3 Å². The van der Waals surface area contributed by atoms with Gasteiger partial charge in [0.1, 0.15) is 0 Å². The fraction of sp³-hybridized carbons (Fsp3) is 0.571. The van der Waals surface area contributed by atoms with Gasteiger partial charge < -0.3 is 15.5 Å². The molecule has 2 N–H and O–H groups in total. The van der Waals surface area contributed by atoms with Gasteiger partial charge in [0.25, 0.3) is 0 Å². The normalized spacial score (nSPS) is 15.7. The molecule has 1 aliphatic rings. The molecule has 1 aromatic heterocycles. The van der Waals surface area contributed by atoms with Crippen molar-refractivity contribution < 1.29 is 0 Å². The average molecular weight is 293 g/mol. The molecule has 0 fully saturated rings. The molecule has 1 aromatic rings. The van der Waals surface area contributed by atoms with Gasteiger partial charge in [0.15, 0.2) is 11.1 Å². The number of thiazole rings is 1. The van der Waals surface area contributed by atoms with E-state index in [0.717, 1.165) is 36.2 Å². The van der Waals surface area contributed by atoms with Crippen LogP contribution in [0, 0.1) is 0 Å². The summed E-state index contributed by atoms with van der Waals surface area (Å²) in [6.45, 7) is 3.56. The Morgan fingerprint density at radius 3 is 2.80 bits per heavy atom. The summed E-state index contributed by atoms with van der Waals surface area (Å²) >= 11 is 1.65. The summed E-state index contributed by atoms with van der Waals surface area (Å²) in [5, 5.41) is 9.83. The molecule has 0 amide bonds. The summed E-state index contributed by atoms with van der Waals surface area (Å²) in [7, 11) is 4.01. The Morgan fingerprint density at radius 1 is 1.45 bits per heavy atom. The van der Waals surface area contributed by atoms with E-state index in [-0.39, 0.29) is 0 Å². The van der Waals surface area contributed by atoms with Crippen LogP contribution in [0.1, 0.15) is 25.5 Å². The van der Waals surface area contributed by atoms with Gasteiger partial charge in [0, 0.05) is 32.1 Å². The standard InChI is InChI=1S/C14H23N5S/c1-4-15-13(17-11-7-5-6-8-11)16-9-12-10-20-14(18-12)19(2)3/h5-6,10-11H,4,7-9H2,1-3H3,(H2,15,16,17). The maximum Gasteiger partial charge on any atom is 0.191 e. The highest BCUT2D eigenvalue weighted by atomic mass is 32.1. The van der Waals surface area contributed by atoms with Gasteiger partial charge >= 0.3 is 0 Å². The quantitative estimate of drug-likeness (QED) is 0.495. The first-order valence-corrected chi connectivity index (χ1v) is 7.88. The van der Waals surface area contributed by atoms with E-state index in [1.165, 1.54) is 0 Å². The summed E-state index contributed by atoms with van der Waals surface area (Å²) in [4.78, 5) is 11.2. The fourth-order valence-electron chi connectivity index (χ4n) is 1.98. The van der Waals surface area contributed by atoms with Crippen LogP contribution in [0.4, 0.5) is 5.13 Å². The highest BCUT2D eigenvalue weighted by Crippen LogP contribution is 2.18. The van der Waals surface area contributed by atoms with Crippen molar-refractivity contribution in [3.63, 3.8) is 0 Å². The largest absolute Gasteiger partial charge is 0.357 e. The maximum atomic E-state index is 4.61. The summed E-state index contributed by atoms with van der Waals surface area (Å²) in [5.41, 5.74) is 1.01. The minimum Gasteiger partial charge on any atom is -0.357 e. The molecule has 0 saturated carbocycles. The van der Waals surface area contributed by atoms with Gasteiger partial charge in [-0.05, 0) is 19.8 Å². The second-order valence-corrected chi connectivity index (χ2v) is 5.83. The molecule has 20 heavy (non-hydrogen) atoms. The number of aromatic nitrogens is 1. The van der Waals surface area contributed by atoms with Crippen LogP contribution in [0.5, 0.6) is 0 Å². The number of guanidine groups is 1. The number of hydrogen-bond donors (Lipinski definition) is 2. The lowest BCUT2D eigenvalue weighted by atomic mass is 10.2. The van der Waals surface area contributed by atoms with Crippen molar-refractivity contribution in [1.29, 1.82) is 0 Å². The van der Waals surface area contributed by atoms with Gasteiger partial charge in [-0.15, -0.1) is 11.3 Å². The topological polar surface area (TPSA) is 52.6 Å². The molecule has 5 nitrogen and oxygen atoms in total. The van der Waals surface area contributed by atoms with Crippen LogP contribution in [-0.4, -0.2) is 37.6 Å². The van der Waals surface area contributed by atoms with Gasteiger partial charge in [0.05, 0.1) is 12.2 Å². The molecule has 0 bridgehead atoms. The summed E-state index contributed by atoms with van der Waals surface area (Å²) < 4.78 is 0. The summed E-state index contributed by atoms with van der Waals surface area (Å²) in [5.74, 6) is 0.876. The zero-order valence-electron chi connectivity index (χ0n) is 12.4. The molecule has 0 radical (unpaired) electrons. The van der Waals surface area contributed by atoms with Crippen LogP contribution in [0.2, 0.25) is 0 Å². The van der Waals surface area contributed by atoms with E-state index in [9.17, 15) is 0 Å². The van der Waals surface area contributed by atoms with Crippen molar-refractivity contribution >= 4 is 22.4 Å². The molecule has 0 spiro atoms. The number of hydrogen-bond acceptors (Lipinski definition) is 4. The van der Waals surface area contributed by atoms with Gasteiger partial charge in [-0.3, -0.25) is 0 Å². The Kier molecular flexibility index (Phi) is 5.40.